The first-order valence-electron chi connectivity index (χ1n) is 9.26. The number of hydrogen-bond donors (Lipinski definition) is 2. The molecule has 0 bridgehead atoms. The molecule has 9 nitrogen and oxygen atoms in total. The first-order valence-corrected chi connectivity index (χ1v) is 10.2. The molecule has 2 amide bonds. The molecular weight excluding hydrogens is 418 g/mol. The summed E-state index contributed by atoms with van der Waals surface area (Å²) >= 11 is 1.26. The van der Waals surface area contributed by atoms with Crippen molar-refractivity contribution in [2.75, 3.05) is 23.5 Å². The predicted octanol–water partition coefficient (Wildman–Crippen LogP) is 2.96. The van der Waals surface area contributed by atoms with Crippen LogP contribution < -0.4 is 10.6 Å². The number of hydrogen-bond acceptors (Lipinski definition) is 7. The molecule has 0 aliphatic rings. The molecule has 3 rings (SSSR count). The van der Waals surface area contributed by atoms with Crippen LogP contribution in [-0.4, -0.2) is 45.4 Å². The van der Waals surface area contributed by atoms with Gasteiger partial charge in [0.05, 0.1) is 18.4 Å². The van der Waals surface area contributed by atoms with Crippen molar-refractivity contribution in [1.82, 2.24) is 14.8 Å². The number of amides is 2. The van der Waals surface area contributed by atoms with Crippen LogP contribution in [-0.2, 0) is 21.4 Å². The van der Waals surface area contributed by atoms with E-state index in [1.54, 1.807) is 41.0 Å². The molecule has 10 heteroatoms. The molecule has 1 aromatic heterocycles. The number of nitrogens with one attached hydrogen (secondary N) is 2. The number of esters is 1. The van der Waals surface area contributed by atoms with E-state index in [1.807, 2.05) is 19.2 Å². The lowest BCUT2D eigenvalue weighted by molar-refractivity contribution is -0.114. The van der Waals surface area contributed by atoms with Crippen LogP contribution in [0.4, 0.5) is 11.4 Å². The molecule has 0 unspecified atom stereocenters. The van der Waals surface area contributed by atoms with E-state index in [1.165, 1.54) is 25.8 Å². The largest absolute Gasteiger partial charge is 0.465 e. The van der Waals surface area contributed by atoms with Crippen molar-refractivity contribution in [3.8, 4) is 11.4 Å². The average molecular weight is 439 g/mol. The summed E-state index contributed by atoms with van der Waals surface area (Å²) in [7, 11) is 3.14. The van der Waals surface area contributed by atoms with Gasteiger partial charge in [-0.2, -0.15) is 0 Å². The fraction of sp³-hybridized carbons (Fsp3) is 0.190. The molecule has 1 heterocycles. The third-order valence-corrected chi connectivity index (χ3v) is 5.24. The van der Waals surface area contributed by atoms with Crippen LogP contribution in [0, 0.1) is 0 Å². The van der Waals surface area contributed by atoms with Gasteiger partial charge in [0.15, 0.2) is 11.0 Å². The summed E-state index contributed by atoms with van der Waals surface area (Å²) in [6.45, 7) is 1.45. The quantitative estimate of drug-likeness (QED) is 0.430. The standard InChI is InChI=1S/C21H21N5O4S/c1-13(27)22-16-8-4-14(5-9-16)19-24-25-21(26(19)2)31-12-18(28)23-17-10-6-15(7-11-17)20(29)30-3/h4-11H,12H2,1-3H3,(H,22,27)(H,23,28). The minimum absolute atomic E-state index is 0.136. The Balaban J connectivity index is 1.58. The third kappa shape index (κ3) is 5.70. The molecule has 0 radical (unpaired) electrons. The normalized spacial score (nSPS) is 10.4. The highest BCUT2D eigenvalue weighted by molar-refractivity contribution is 7.99. The number of nitrogens with zero attached hydrogens (tertiary/aromatic N) is 3. The monoisotopic (exact) mass is 439 g/mol. The average Bonchev–Trinajstić information content (AvgIpc) is 3.12. The lowest BCUT2D eigenvalue weighted by atomic mass is 10.2. The molecule has 2 aromatic carbocycles. The highest BCUT2D eigenvalue weighted by Gasteiger charge is 2.13. The smallest absolute Gasteiger partial charge is 0.337 e. The van der Waals surface area contributed by atoms with Crippen LogP contribution >= 0.6 is 11.8 Å². The Morgan fingerprint density at radius 3 is 2.19 bits per heavy atom. The van der Waals surface area contributed by atoms with E-state index in [9.17, 15) is 14.4 Å². The molecule has 0 fully saturated rings. The van der Waals surface area contributed by atoms with Gasteiger partial charge in [-0.25, -0.2) is 4.79 Å². The summed E-state index contributed by atoms with van der Waals surface area (Å²) in [5.41, 5.74) is 2.53. The topological polar surface area (TPSA) is 115 Å². The van der Waals surface area contributed by atoms with Gasteiger partial charge in [0, 0.05) is 30.9 Å². The maximum atomic E-state index is 12.3. The van der Waals surface area contributed by atoms with Gasteiger partial charge in [-0.15, -0.1) is 10.2 Å². The Morgan fingerprint density at radius 2 is 1.58 bits per heavy atom. The van der Waals surface area contributed by atoms with Gasteiger partial charge in [-0.1, -0.05) is 11.8 Å². The Morgan fingerprint density at radius 1 is 0.968 bits per heavy atom. The predicted molar refractivity (Wildman–Crippen MR) is 118 cm³/mol. The second-order valence-electron chi connectivity index (χ2n) is 6.53. The molecule has 0 saturated carbocycles. The highest BCUT2D eigenvalue weighted by Crippen LogP contribution is 2.24. The molecule has 0 saturated heterocycles. The van der Waals surface area contributed by atoms with E-state index in [0.29, 0.717) is 27.9 Å². The summed E-state index contributed by atoms with van der Waals surface area (Å²) in [6, 6.07) is 13.7. The van der Waals surface area contributed by atoms with Gasteiger partial charge in [0.1, 0.15) is 0 Å². The zero-order valence-electron chi connectivity index (χ0n) is 17.2. The third-order valence-electron chi connectivity index (χ3n) is 4.22. The summed E-state index contributed by atoms with van der Waals surface area (Å²) < 4.78 is 6.45. The lowest BCUT2D eigenvalue weighted by Gasteiger charge is -2.07. The minimum Gasteiger partial charge on any atom is -0.465 e. The van der Waals surface area contributed by atoms with Crippen molar-refractivity contribution in [3.05, 3.63) is 54.1 Å². The van der Waals surface area contributed by atoms with Crippen molar-refractivity contribution < 1.29 is 19.1 Å². The molecule has 0 atom stereocenters. The molecular formula is C21H21N5O4S. The van der Waals surface area contributed by atoms with Crippen molar-refractivity contribution in [2.45, 2.75) is 12.1 Å². The van der Waals surface area contributed by atoms with Gasteiger partial charge in [0.25, 0.3) is 0 Å². The first-order chi connectivity index (χ1) is 14.9. The summed E-state index contributed by atoms with van der Waals surface area (Å²) in [4.78, 5) is 34.8. The number of anilines is 2. The Bertz CT molecular complexity index is 1090. The molecule has 3 aromatic rings. The maximum Gasteiger partial charge on any atom is 0.337 e. The number of carbonyl (C=O) groups is 3. The van der Waals surface area contributed by atoms with Crippen molar-refractivity contribution in [2.24, 2.45) is 7.05 Å². The number of carbonyl (C=O) groups excluding carboxylic acids is 3. The highest BCUT2D eigenvalue weighted by atomic mass is 32.2. The Kier molecular flexibility index (Phi) is 7.03. The SMILES string of the molecule is COC(=O)c1ccc(NC(=O)CSc2nnc(-c3ccc(NC(C)=O)cc3)n2C)cc1. The molecule has 160 valence electrons. The van der Waals surface area contributed by atoms with Crippen LogP contribution in [0.3, 0.4) is 0 Å². The van der Waals surface area contributed by atoms with E-state index < -0.39 is 5.97 Å². The summed E-state index contributed by atoms with van der Waals surface area (Å²) in [6.07, 6.45) is 0. The molecule has 2 N–H and O–H groups in total. The second-order valence-corrected chi connectivity index (χ2v) is 7.47. The van der Waals surface area contributed by atoms with E-state index in [0.717, 1.165) is 5.56 Å². The molecule has 31 heavy (non-hydrogen) atoms. The fourth-order valence-electron chi connectivity index (χ4n) is 2.73. The first kappa shape index (κ1) is 22.0. The Labute approximate surface area is 183 Å². The van der Waals surface area contributed by atoms with Gasteiger partial charge < -0.3 is 19.9 Å². The maximum absolute atomic E-state index is 12.3. The van der Waals surface area contributed by atoms with E-state index >= 15 is 0 Å². The summed E-state index contributed by atoms with van der Waals surface area (Å²) in [5, 5.41) is 14.4. The van der Waals surface area contributed by atoms with E-state index in [4.69, 9.17) is 0 Å². The van der Waals surface area contributed by atoms with Crippen LogP contribution in [0.15, 0.2) is 53.7 Å². The zero-order chi connectivity index (χ0) is 22.4. The molecule has 0 aliphatic heterocycles. The van der Waals surface area contributed by atoms with Crippen LogP contribution in [0.1, 0.15) is 17.3 Å². The van der Waals surface area contributed by atoms with Gasteiger partial charge in [0.2, 0.25) is 11.8 Å². The van der Waals surface area contributed by atoms with E-state index in [-0.39, 0.29) is 17.6 Å². The summed E-state index contributed by atoms with van der Waals surface area (Å²) in [5.74, 6) is 0.0152. The minimum atomic E-state index is -0.434. The van der Waals surface area contributed by atoms with Crippen LogP contribution in [0.25, 0.3) is 11.4 Å². The van der Waals surface area contributed by atoms with Gasteiger partial charge >= 0.3 is 5.97 Å². The molecule has 0 spiro atoms. The number of rotatable bonds is 7. The number of methoxy groups -OCH3 is 1. The van der Waals surface area contributed by atoms with Crippen LogP contribution in [0.5, 0.6) is 0 Å². The number of benzene rings is 2. The number of thioether (sulfide) groups is 1. The zero-order valence-corrected chi connectivity index (χ0v) is 18.0. The lowest BCUT2D eigenvalue weighted by Crippen LogP contribution is -2.14. The van der Waals surface area contributed by atoms with Crippen LogP contribution in [0.2, 0.25) is 0 Å². The molecule has 0 aliphatic carbocycles. The second kappa shape index (κ2) is 9.90. The Hall–Kier alpha value is -3.66. The number of ether oxygens (including phenoxy) is 1. The number of aromatic nitrogens is 3. The van der Waals surface area contributed by atoms with Crippen molar-refractivity contribution in [1.29, 1.82) is 0 Å². The van der Waals surface area contributed by atoms with E-state index in [2.05, 4.69) is 25.6 Å². The van der Waals surface area contributed by atoms with Crippen molar-refractivity contribution >= 4 is 40.9 Å². The fourth-order valence-corrected chi connectivity index (χ4v) is 3.44. The van der Waals surface area contributed by atoms with Gasteiger partial charge in [-0.05, 0) is 48.5 Å². The van der Waals surface area contributed by atoms with Gasteiger partial charge in [-0.3, -0.25) is 9.59 Å². The van der Waals surface area contributed by atoms with Crippen molar-refractivity contribution in [3.63, 3.8) is 0 Å².